The Hall–Kier alpha value is -1.42. The van der Waals surface area contributed by atoms with Crippen molar-refractivity contribution >= 4 is 28.9 Å². The van der Waals surface area contributed by atoms with Gasteiger partial charge in [0.1, 0.15) is 12.4 Å². The largest absolute Gasteiger partial charge is 0.489 e. The molecule has 0 radical (unpaired) electrons. The van der Waals surface area contributed by atoms with Crippen LogP contribution in [0.5, 0.6) is 5.75 Å². The van der Waals surface area contributed by atoms with E-state index >= 15 is 0 Å². The number of halogens is 2. The molecule has 3 rings (SSSR count). The van der Waals surface area contributed by atoms with E-state index in [1.807, 2.05) is 37.3 Å². The van der Waals surface area contributed by atoms with Gasteiger partial charge in [0.2, 0.25) is 0 Å². The molecule has 0 amide bonds. The van der Waals surface area contributed by atoms with Gasteiger partial charge in [-0.05, 0) is 36.2 Å². The lowest BCUT2D eigenvalue weighted by molar-refractivity contribution is 0.287. The fourth-order valence-electron chi connectivity index (χ4n) is 2.55. The summed E-state index contributed by atoms with van der Waals surface area (Å²) in [5.41, 5.74) is 9.85. The van der Waals surface area contributed by atoms with Gasteiger partial charge in [0.15, 0.2) is 0 Å². The van der Waals surface area contributed by atoms with Crippen LogP contribution in [-0.2, 0) is 0 Å². The molecule has 0 saturated carbocycles. The third-order valence-corrected chi connectivity index (χ3v) is 4.07. The molecule has 1 aliphatic rings. The highest BCUT2D eigenvalue weighted by Crippen LogP contribution is 2.42. The highest BCUT2D eigenvalue weighted by molar-refractivity contribution is 6.31. The van der Waals surface area contributed by atoms with E-state index in [1.54, 1.807) is 0 Å². The Morgan fingerprint density at radius 1 is 1.19 bits per heavy atom. The summed E-state index contributed by atoms with van der Waals surface area (Å²) in [6.45, 7) is 3.09. The van der Waals surface area contributed by atoms with Crippen molar-refractivity contribution in [2.45, 2.75) is 13.0 Å². The average molecular weight is 323 g/mol. The standard InChI is InChI=1S/C16H16Cl2N2O/c1-9-4-10(17)2-3-13(9)14-5-11(18)6-15-16(14)20-12(7-19)8-21-15/h2-6,12,20H,7-8,19H2,1H3. The summed E-state index contributed by atoms with van der Waals surface area (Å²) in [7, 11) is 0. The van der Waals surface area contributed by atoms with Gasteiger partial charge >= 0.3 is 0 Å². The van der Waals surface area contributed by atoms with Gasteiger partial charge in [-0.25, -0.2) is 0 Å². The molecule has 0 fully saturated rings. The number of aryl methyl sites for hydroxylation is 1. The molecule has 1 heterocycles. The van der Waals surface area contributed by atoms with Gasteiger partial charge in [-0.15, -0.1) is 0 Å². The highest BCUT2D eigenvalue weighted by Gasteiger charge is 2.22. The number of rotatable bonds is 2. The third-order valence-electron chi connectivity index (χ3n) is 3.62. The molecule has 21 heavy (non-hydrogen) atoms. The van der Waals surface area contributed by atoms with Crippen molar-refractivity contribution in [1.82, 2.24) is 0 Å². The van der Waals surface area contributed by atoms with E-state index in [9.17, 15) is 0 Å². The molecule has 0 aliphatic carbocycles. The lowest BCUT2D eigenvalue weighted by Gasteiger charge is -2.29. The number of hydrogen-bond donors (Lipinski definition) is 2. The van der Waals surface area contributed by atoms with E-state index in [1.165, 1.54) is 0 Å². The number of benzene rings is 2. The predicted molar refractivity (Wildman–Crippen MR) is 88.6 cm³/mol. The summed E-state index contributed by atoms with van der Waals surface area (Å²) in [4.78, 5) is 0. The van der Waals surface area contributed by atoms with Crippen LogP contribution in [0.2, 0.25) is 10.0 Å². The van der Waals surface area contributed by atoms with E-state index in [2.05, 4.69) is 5.32 Å². The number of anilines is 1. The second-order valence-corrected chi connectivity index (χ2v) is 6.05. The average Bonchev–Trinajstić information content (AvgIpc) is 2.46. The highest BCUT2D eigenvalue weighted by atomic mass is 35.5. The molecule has 3 nitrogen and oxygen atoms in total. The monoisotopic (exact) mass is 322 g/mol. The number of nitrogens with two attached hydrogens (primary N) is 1. The molecular weight excluding hydrogens is 307 g/mol. The van der Waals surface area contributed by atoms with Gasteiger partial charge in [0.05, 0.1) is 11.7 Å². The lowest BCUT2D eigenvalue weighted by atomic mass is 9.97. The number of ether oxygens (including phenoxy) is 1. The van der Waals surface area contributed by atoms with Gasteiger partial charge in [0, 0.05) is 28.2 Å². The first-order chi connectivity index (χ1) is 10.1. The first kappa shape index (κ1) is 14.5. The minimum atomic E-state index is 0.102. The van der Waals surface area contributed by atoms with Crippen molar-refractivity contribution in [2.75, 3.05) is 18.5 Å². The zero-order chi connectivity index (χ0) is 15.0. The first-order valence-electron chi connectivity index (χ1n) is 6.78. The van der Waals surface area contributed by atoms with Gasteiger partial charge in [-0.2, -0.15) is 0 Å². The summed E-state index contributed by atoms with van der Waals surface area (Å²) < 4.78 is 5.78. The molecule has 110 valence electrons. The van der Waals surface area contributed by atoms with Crippen LogP contribution in [0.3, 0.4) is 0 Å². The smallest absolute Gasteiger partial charge is 0.144 e. The van der Waals surface area contributed by atoms with Crippen molar-refractivity contribution in [1.29, 1.82) is 0 Å². The molecule has 1 atom stereocenters. The molecular formula is C16H16Cl2N2O. The zero-order valence-corrected chi connectivity index (χ0v) is 13.1. The van der Waals surface area contributed by atoms with Gasteiger partial charge in [-0.3, -0.25) is 0 Å². The molecule has 1 unspecified atom stereocenters. The first-order valence-corrected chi connectivity index (χ1v) is 7.53. The molecule has 0 saturated heterocycles. The van der Waals surface area contributed by atoms with Crippen LogP contribution in [0.15, 0.2) is 30.3 Å². The molecule has 0 aromatic heterocycles. The SMILES string of the molecule is Cc1cc(Cl)ccc1-c1cc(Cl)cc2c1NC(CN)CO2. The molecule has 2 aromatic carbocycles. The Labute approximate surface area is 134 Å². The maximum atomic E-state index is 6.23. The van der Waals surface area contributed by atoms with Crippen LogP contribution in [0.4, 0.5) is 5.69 Å². The summed E-state index contributed by atoms with van der Waals surface area (Å²) in [6.07, 6.45) is 0. The molecule has 3 N–H and O–H groups in total. The summed E-state index contributed by atoms with van der Waals surface area (Å²) in [6, 6.07) is 9.68. The second kappa shape index (κ2) is 5.76. The van der Waals surface area contributed by atoms with E-state index in [0.717, 1.165) is 33.1 Å². The second-order valence-electron chi connectivity index (χ2n) is 5.17. The Balaban J connectivity index is 2.16. The van der Waals surface area contributed by atoms with Crippen molar-refractivity contribution in [3.8, 4) is 16.9 Å². The van der Waals surface area contributed by atoms with Crippen molar-refractivity contribution in [3.05, 3.63) is 45.9 Å². The quantitative estimate of drug-likeness (QED) is 0.875. The Bertz CT molecular complexity index is 688. The molecule has 1 aliphatic heterocycles. The van der Waals surface area contributed by atoms with Crippen molar-refractivity contribution in [2.24, 2.45) is 5.73 Å². The minimum Gasteiger partial charge on any atom is -0.489 e. The molecule has 0 spiro atoms. The van der Waals surface area contributed by atoms with Gasteiger partial charge in [-0.1, -0.05) is 29.3 Å². The van der Waals surface area contributed by atoms with Crippen LogP contribution in [0.1, 0.15) is 5.56 Å². The topological polar surface area (TPSA) is 47.3 Å². The van der Waals surface area contributed by atoms with E-state index in [0.29, 0.717) is 18.2 Å². The third kappa shape index (κ3) is 2.82. The number of fused-ring (bicyclic) bond motifs is 1. The van der Waals surface area contributed by atoms with Crippen molar-refractivity contribution < 1.29 is 4.74 Å². The van der Waals surface area contributed by atoms with Gasteiger partial charge in [0.25, 0.3) is 0 Å². The summed E-state index contributed by atoms with van der Waals surface area (Å²) in [5, 5.41) is 4.80. The number of nitrogens with one attached hydrogen (secondary N) is 1. The van der Waals surface area contributed by atoms with E-state index in [4.69, 9.17) is 33.7 Å². The molecule has 2 aromatic rings. The van der Waals surface area contributed by atoms with Crippen molar-refractivity contribution in [3.63, 3.8) is 0 Å². The zero-order valence-electron chi connectivity index (χ0n) is 11.6. The van der Waals surface area contributed by atoms with E-state index < -0.39 is 0 Å². The maximum Gasteiger partial charge on any atom is 0.144 e. The fourth-order valence-corrected chi connectivity index (χ4v) is 2.98. The summed E-state index contributed by atoms with van der Waals surface area (Å²) in [5.74, 6) is 0.761. The van der Waals surface area contributed by atoms with Gasteiger partial charge < -0.3 is 15.8 Å². The molecule has 0 bridgehead atoms. The normalized spacial score (nSPS) is 16.9. The van der Waals surface area contributed by atoms with Crippen LogP contribution in [0.25, 0.3) is 11.1 Å². The van der Waals surface area contributed by atoms with Crippen LogP contribution < -0.4 is 15.8 Å². The summed E-state index contributed by atoms with van der Waals surface area (Å²) >= 11 is 12.3. The minimum absolute atomic E-state index is 0.102. The Morgan fingerprint density at radius 3 is 2.71 bits per heavy atom. The lowest BCUT2D eigenvalue weighted by Crippen LogP contribution is -2.37. The van der Waals surface area contributed by atoms with E-state index in [-0.39, 0.29) is 6.04 Å². The van der Waals surface area contributed by atoms with Crippen LogP contribution >= 0.6 is 23.2 Å². The predicted octanol–water partition coefficient (Wildman–Crippen LogP) is 4.10. The number of hydrogen-bond acceptors (Lipinski definition) is 3. The Morgan fingerprint density at radius 2 is 2.00 bits per heavy atom. The molecule has 5 heteroatoms. The van der Waals surface area contributed by atoms with Crippen LogP contribution in [0, 0.1) is 6.92 Å². The van der Waals surface area contributed by atoms with Crippen LogP contribution in [-0.4, -0.2) is 19.2 Å². The maximum absolute atomic E-state index is 6.23. The Kier molecular flexibility index (Phi) is 3.98. The fraction of sp³-hybridized carbons (Fsp3) is 0.250.